The van der Waals surface area contributed by atoms with E-state index in [1.54, 1.807) is 60.7 Å². The second-order valence-electron chi connectivity index (χ2n) is 6.11. The van der Waals surface area contributed by atoms with Crippen LogP contribution < -0.4 is 16.0 Å². The molecule has 3 rings (SSSR count). The first-order valence-electron chi connectivity index (χ1n) is 8.67. The first kappa shape index (κ1) is 18.8. The van der Waals surface area contributed by atoms with Gasteiger partial charge in [0.15, 0.2) is 0 Å². The number of rotatable bonds is 5. The summed E-state index contributed by atoms with van der Waals surface area (Å²) in [6, 6.07) is 22.4. The van der Waals surface area contributed by atoms with E-state index in [2.05, 4.69) is 16.0 Å². The maximum atomic E-state index is 12.4. The average molecular weight is 373 g/mol. The Labute approximate surface area is 162 Å². The lowest BCUT2D eigenvalue weighted by Gasteiger charge is -2.08. The van der Waals surface area contributed by atoms with Crippen LogP contribution in [0.3, 0.4) is 0 Å². The molecule has 0 heterocycles. The molecular weight excluding hydrogens is 354 g/mol. The highest BCUT2D eigenvalue weighted by atomic mass is 16.2. The predicted molar refractivity (Wildman–Crippen MR) is 110 cm³/mol. The summed E-state index contributed by atoms with van der Waals surface area (Å²) in [5.41, 5.74) is 2.85. The number of anilines is 3. The van der Waals surface area contributed by atoms with E-state index in [1.807, 2.05) is 18.2 Å². The van der Waals surface area contributed by atoms with Crippen LogP contribution in [0, 0.1) is 0 Å². The van der Waals surface area contributed by atoms with Gasteiger partial charge in [-0.25, -0.2) is 0 Å². The second kappa shape index (κ2) is 8.64. The fourth-order valence-corrected chi connectivity index (χ4v) is 2.54. The van der Waals surface area contributed by atoms with E-state index in [1.165, 1.54) is 6.92 Å². The maximum Gasteiger partial charge on any atom is 0.255 e. The predicted octanol–water partition coefficient (Wildman–Crippen LogP) is 4.15. The topological polar surface area (TPSA) is 87.3 Å². The van der Waals surface area contributed by atoms with E-state index in [9.17, 15) is 14.4 Å². The fourth-order valence-electron chi connectivity index (χ4n) is 2.54. The summed E-state index contributed by atoms with van der Waals surface area (Å²) in [4.78, 5) is 35.6. The molecular formula is C22H19N3O3. The van der Waals surface area contributed by atoms with Crippen LogP contribution >= 0.6 is 0 Å². The zero-order valence-corrected chi connectivity index (χ0v) is 15.2. The number of carbonyl (C=O) groups excluding carboxylic acids is 3. The van der Waals surface area contributed by atoms with Crippen LogP contribution in [0.2, 0.25) is 0 Å². The highest BCUT2D eigenvalue weighted by molar-refractivity contribution is 6.07. The molecule has 0 aromatic heterocycles. The van der Waals surface area contributed by atoms with Crippen molar-refractivity contribution in [3.05, 3.63) is 90.0 Å². The summed E-state index contributed by atoms with van der Waals surface area (Å²) >= 11 is 0. The van der Waals surface area contributed by atoms with Gasteiger partial charge in [0.05, 0.1) is 0 Å². The third-order valence-corrected chi connectivity index (χ3v) is 3.90. The van der Waals surface area contributed by atoms with E-state index in [0.29, 0.717) is 28.2 Å². The molecule has 3 aromatic rings. The zero-order valence-electron chi connectivity index (χ0n) is 15.2. The quantitative estimate of drug-likeness (QED) is 0.628. The van der Waals surface area contributed by atoms with Gasteiger partial charge >= 0.3 is 0 Å². The van der Waals surface area contributed by atoms with Crippen molar-refractivity contribution in [2.24, 2.45) is 0 Å². The second-order valence-corrected chi connectivity index (χ2v) is 6.11. The van der Waals surface area contributed by atoms with Crippen molar-refractivity contribution in [3.63, 3.8) is 0 Å². The van der Waals surface area contributed by atoms with Gasteiger partial charge in [0.1, 0.15) is 0 Å². The molecule has 0 fully saturated rings. The standard InChI is InChI=1S/C22H19N3O3/c1-15(26)23-19-11-13-20(14-12-19)25-22(28)17-9-7-16(8-10-17)21(27)24-18-5-3-2-4-6-18/h2-14H,1H3,(H,23,26)(H,24,27)(H,25,28). The van der Waals surface area contributed by atoms with Crippen molar-refractivity contribution in [3.8, 4) is 0 Å². The van der Waals surface area contributed by atoms with E-state index >= 15 is 0 Å². The molecule has 0 bridgehead atoms. The highest BCUT2D eigenvalue weighted by Crippen LogP contribution is 2.15. The maximum absolute atomic E-state index is 12.4. The fraction of sp³-hybridized carbons (Fsp3) is 0.0455. The Morgan fingerprint density at radius 1 is 0.536 bits per heavy atom. The molecule has 0 saturated heterocycles. The molecule has 0 aliphatic heterocycles. The number of benzene rings is 3. The van der Waals surface area contributed by atoms with Crippen LogP contribution in [-0.4, -0.2) is 17.7 Å². The number of hydrogen-bond donors (Lipinski definition) is 3. The summed E-state index contributed by atoms with van der Waals surface area (Å²) in [5, 5.41) is 8.23. The van der Waals surface area contributed by atoms with Crippen molar-refractivity contribution in [1.82, 2.24) is 0 Å². The Hall–Kier alpha value is -3.93. The molecule has 0 spiro atoms. The van der Waals surface area contributed by atoms with Crippen LogP contribution in [0.1, 0.15) is 27.6 Å². The van der Waals surface area contributed by atoms with E-state index in [-0.39, 0.29) is 17.7 Å². The Kier molecular flexibility index (Phi) is 5.81. The summed E-state index contributed by atoms with van der Waals surface area (Å²) in [5.74, 6) is -0.692. The van der Waals surface area contributed by atoms with Crippen LogP contribution in [0.5, 0.6) is 0 Å². The molecule has 3 amide bonds. The van der Waals surface area contributed by atoms with Gasteiger partial charge in [-0.05, 0) is 60.7 Å². The number of hydrogen-bond acceptors (Lipinski definition) is 3. The minimum Gasteiger partial charge on any atom is -0.326 e. The van der Waals surface area contributed by atoms with Crippen molar-refractivity contribution >= 4 is 34.8 Å². The first-order valence-corrected chi connectivity index (χ1v) is 8.67. The average Bonchev–Trinajstić information content (AvgIpc) is 2.70. The number of para-hydroxylation sites is 1. The minimum atomic E-state index is -0.290. The van der Waals surface area contributed by atoms with Crippen molar-refractivity contribution in [2.45, 2.75) is 6.92 Å². The molecule has 0 unspecified atom stereocenters. The molecule has 0 atom stereocenters. The molecule has 3 N–H and O–H groups in total. The lowest BCUT2D eigenvalue weighted by molar-refractivity contribution is -0.114. The van der Waals surface area contributed by atoms with Crippen LogP contribution in [0.4, 0.5) is 17.1 Å². The molecule has 3 aromatic carbocycles. The molecule has 0 saturated carbocycles. The SMILES string of the molecule is CC(=O)Nc1ccc(NC(=O)c2ccc(C(=O)Nc3ccccc3)cc2)cc1. The van der Waals surface area contributed by atoms with Gasteiger partial charge in [0.25, 0.3) is 11.8 Å². The van der Waals surface area contributed by atoms with Gasteiger partial charge < -0.3 is 16.0 Å². The molecule has 6 nitrogen and oxygen atoms in total. The van der Waals surface area contributed by atoms with Crippen molar-refractivity contribution in [1.29, 1.82) is 0 Å². The van der Waals surface area contributed by atoms with E-state index in [4.69, 9.17) is 0 Å². The normalized spacial score (nSPS) is 10.0. The van der Waals surface area contributed by atoms with Gasteiger partial charge in [-0.1, -0.05) is 18.2 Å². The van der Waals surface area contributed by atoms with Gasteiger partial charge in [-0.15, -0.1) is 0 Å². The Balaban J connectivity index is 1.61. The Bertz CT molecular complexity index is 982. The number of nitrogens with one attached hydrogen (secondary N) is 3. The minimum absolute atomic E-state index is 0.159. The van der Waals surface area contributed by atoms with E-state index < -0.39 is 0 Å². The third kappa shape index (κ3) is 5.04. The summed E-state index contributed by atoms with van der Waals surface area (Å²) in [7, 11) is 0. The van der Waals surface area contributed by atoms with Gasteiger partial charge in [-0.2, -0.15) is 0 Å². The van der Waals surface area contributed by atoms with Gasteiger partial charge in [-0.3, -0.25) is 14.4 Å². The van der Waals surface area contributed by atoms with Gasteiger partial charge in [0.2, 0.25) is 5.91 Å². The molecule has 6 heteroatoms. The number of amides is 3. The summed E-state index contributed by atoms with van der Waals surface area (Å²) < 4.78 is 0. The van der Waals surface area contributed by atoms with Crippen LogP contribution in [0.15, 0.2) is 78.9 Å². The van der Waals surface area contributed by atoms with Gasteiger partial charge in [0, 0.05) is 35.1 Å². The smallest absolute Gasteiger partial charge is 0.255 e. The van der Waals surface area contributed by atoms with Crippen molar-refractivity contribution in [2.75, 3.05) is 16.0 Å². The number of carbonyl (C=O) groups is 3. The monoisotopic (exact) mass is 373 g/mol. The zero-order chi connectivity index (χ0) is 19.9. The summed E-state index contributed by atoms with van der Waals surface area (Å²) in [6.07, 6.45) is 0. The summed E-state index contributed by atoms with van der Waals surface area (Å²) in [6.45, 7) is 1.43. The lowest BCUT2D eigenvalue weighted by atomic mass is 10.1. The first-order chi connectivity index (χ1) is 13.5. The molecule has 0 radical (unpaired) electrons. The molecule has 28 heavy (non-hydrogen) atoms. The van der Waals surface area contributed by atoms with Crippen LogP contribution in [-0.2, 0) is 4.79 Å². The Morgan fingerprint density at radius 2 is 0.929 bits per heavy atom. The largest absolute Gasteiger partial charge is 0.326 e. The van der Waals surface area contributed by atoms with Crippen molar-refractivity contribution < 1.29 is 14.4 Å². The lowest BCUT2D eigenvalue weighted by Crippen LogP contribution is -2.14. The highest BCUT2D eigenvalue weighted by Gasteiger charge is 2.10. The van der Waals surface area contributed by atoms with Crippen LogP contribution in [0.25, 0.3) is 0 Å². The van der Waals surface area contributed by atoms with E-state index in [0.717, 1.165) is 0 Å². The molecule has 140 valence electrons. The molecule has 0 aliphatic rings. The molecule has 0 aliphatic carbocycles. The Morgan fingerprint density at radius 3 is 1.36 bits per heavy atom. The third-order valence-electron chi connectivity index (χ3n) is 3.90.